The summed E-state index contributed by atoms with van der Waals surface area (Å²) in [4.78, 5) is 12.5. The minimum absolute atomic E-state index is 0.0746. The predicted molar refractivity (Wildman–Crippen MR) is 82.8 cm³/mol. The third kappa shape index (κ3) is 2.25. The molecule has 0 saturated heterocycles. The molecule has 0 aliphatic rings. The van der Waals surface area contributed by atoms with Crippen molar-refractivity contribution in [1.29, 1.82) is 0 Å². The van der Waals surface area contributed by atoms with Crippen molar-refractivity contribution in [3.8, 4) is 22.8 Å². The van der Waals surface area contributed by atoms with Crippen molar-refractivity contribution in [1.82, 2.24) is 4.57 Å². The van der Waals surface area contributed by atoms with Crippen LogP contribution in [-0.2, 0) is 7.05 Å². The van der Waals surface area contributed by atoms with Crippen LogP contribution in [0.2, 0.25) is 0 Å². The van der Waals surface area contributed by atoms with Crippen molar-refractivity contribution in [2.75, 3.05) is 7.11 Å². The average Bonchev–Trinajstić information content (AvgIpc) is 2.51. The van der Waals surface area contributed by atoms with Crippen LogP contribution in [-0.4, -0.2) is 16.8 Å². The highest BCUT2D eigenvalue weighted by atomic mass is 16.5. The SMILES string of the molecule is COc1ccc2cc(-c3ccc(O)cc3)n(C)c(=O)c2c1. The van der Waals surface area contributed by atoms with Crippen molar-refractivity contribution >= 4 is 10.8 Å². The molecule has 0 bridgehead atoms. The van der Waals surface area contributed by atoms with E-state index in [1.807, 2.05) is 18.2 Å². The number of hydrogen-bond donors (Lipinski definition) is 1. The van der Waals surface area contributed by atoms with Crippen molar-refractivity contribution in [3.05, 3.63) is 58.9 Å². The van der Waals surface area contributed by atoms with E-state index in [-0.39, 0.29) is 11.3 Å². The largest absolute Gasteiger partial charge is 0.508 e. The fourth-order valence-corrected chi connectivity index (χ4v) is 2.42. The summed E-state index contributed by atoms with van der Waals surface area (Å²) in [6.07, 6.45) is 0. The molecule has 0 radical (unpaired) electrons. The number of rotatable bonds is 2. The van der Waals surface area contributed by atoms with Crippen LogP contribution in [0.1, 0.15) is 0 Å². The molecule has 3 rings (SSSR count). The van der Waals surface area contributed by atoms with Gasteiger partial charge in [-0.25, -0.2) is 0 Å². The molecule has 0 saturated carbocycles. The second-order valence-corrected chi connectivity index (χ2v) is 4.89. The monoisotopic (exact) mass is 281 g/mol. The summed E-state index contributed by atoms with van der Waals surface area (Å²) in [5.41, 5.74) is 1.61. The Morgan fingerprint density at radius 1 is 1.05 bits per heavy atom. The van der Waals surface area contributed by atoms with Crippen LogP contribution < -0.4 is 10.3 Å². The highest BCUT2D eigenvalue weighted by Gasteiger charge is 2.09. The van der Waals surface area contributed by atoms with Gasteiger partial charge in [0.1, 0.15) is 11.5 Å². The lowest BCUT2D eigenvalue weighted by atomic mass is 10.1. The van der Waals surface area contributed by atoms with Gasteiger partial charge in [-0.1, -0.05) is 6.07 Å². The summed E-state index contributed by atoms with van der Waals surface area (Å²) in [7, 11) is 3.32. The number of fused-ring (bicyclic) bond motifs is 1. The van der Waals surface area contributed by atoms with Crippen molar-refractivity contribution in [2.24, 2.45) is 7.05 Å². The van der Waals surface area contributed by atoms with E-state index in [0.29, 0.717) is 11.1 Å². The molecule has 0 unspecified atom stereocenters. The number of benzene rings is 2. The van der Waals surface area contributed by atoms with Crippen LogP contribution in [0.4, 0.5) is 0 Å². The summed E-state index contributed by atoms with van der Waals surface area (Å²) in [5, 5.41) is 10.9. The maximum Gasteiger partial charge on any atom is 0.258 e. The molecule has 21 heavy (non-hydrogen) atoms. The van der Waals surface area contributed by atoms with Crippen LogP contribution >= 0.6 is 0 Å². The van der Waals surface area contributed by atoms with Gasteiger partial charge in [-0.15, -0.1) is 0 Å². The first-order valence-corrected chi connectivity index (χ1v) is 6.57. The highest BCUT2D eigenvalue weighted by Crippen LogP contribution is 2.25. The average molecular weight is 281 g/mol. The van der Waals surface area contributed by atoms with E-state index in [1.165, 1.54) is 0 Å². The molecule has 106 valence electrons. The molecular weight excluding hydrogens is 266 g/mol. The molecular formula is C17H15NO3. The first kappa shape index (κ1) is 13.2. The quantitative estimate of drug-likeness (QED) is 0.785. The Morgan fingerprint density at radius 2 is 1.76 bits per heavy atom. The number of pyridine rings is 1. The number of ether oxygens (including phenoxy) is 1. The third-order valence-electron chi connectivity index (χ3n) is 3.61. The summed E-state index contributed by atoms with van der Waals surface area (Å²) >= 11 is 0. The van der Waals surface area contributed by atoms with E-state index < -0.39 is 0 Å². The van der Waals surface area contributed by atoms with E-state index in [1.54, 1.807) is 49.1 Å². The van der Waals surface area contributed by atoms with Crippen LogP contribution in [0.3, 0.4) is 0 Å². The first-order chi connectivity index (χ1) is 10.1. The molecule has 2 aromatic carbocycles. The number of nitrogens with zero attached hydrogens (tertiary/aromatic N) is 1. The molecule has 1 N–H and O–H groups in total. The molecule has 1 aromatic heterocycles. The minimum atomic E-state index is -0.0746. The zero-order chi connectivity index (χ0) is 15.0. The van der Waals surface area contributed by atoms with Crippen LogP contribution in [0, 0.1) is 0 Å². The van der Waals surface area contributed by atoms with E-state index in [4.69, 9.17) is 4.74 Å². The first-order valence-electron chi connectivity index (χ1n) is 6.57. The smallest absolute Gasteiger partial charge is 0.258 e. The zero-order valence-corrected chi connectivity index (χ0v) is 11.8. The van der Waals surface area contributed by atoms with Crippen molar-refractivity contribution in [2.45, 2.75) is 0 Å². The molecule has 0 aliphatic heterocycles. The lowest BCUT2D eigenvalue weighted by molar-refractivity contribution is 0.415. The Hall–Kier alpha value is -2.75. The Morgan fingerprint density at radius 3 is 2.43 bits per heavy atom. The Labute approximate surface area is 121 Å². The third-order valence-corrected chi connectivity index (χ3v) is 3.61. The van der Waals surface area contributed by atoms with Crippen LogP contribution in [0.5, 0.6) is 11.5 Å². The summed E-state index contributed by atoms with van der Waals surface area (Å²) in [5.74, 6) is 0.867. The molecule has 0 spiro atoms. The second kappa shape index (κ2) is 4.98. The van der Waals surface area contributed by atoms with Crippen LogP contribution in [0.15, 0.2) is 53.3 Å². The molecule has 0 aliphatic carbocycles. The maximum atomic E-state index is 12.5. The topological polar surface area (TPSA) is 51.5 Å². The van der Waals surface area contributed by atoms with Gasteiger partial charge in [0.25, 0.3) is 5.56 Å². The van der Waals surface area contributed by atoms with Crippen molar-refractivity contribution < 1.29 is 9.84 Å². The number of methoxy groups -OCH3 is 1. The van der Waals surface area contributed by atoms with Gasteiger partial charge in [-0.2, -0.15) is 0 Å². The van der Waals surface area contributed by atoms with Crippen LogP contribution in [0.25, 0.3) is 22.0 Å². The highest BCUT2D eigenvalue weighted by molar-refractivity contribution is 5.86. The fraction of sp³-hybridized carbons (Fsp3) is 0.118. The van der Waals surface area contributed by atoms with Gasteiger partial charge in [0.05, 0.1) is 18.2 Å². The molecule has 3 aromatic rings. The second-order valence-electron chi connectivity index (χ2n) is 4.89. The van der Waals surface area contributed by atoms with E-state index >= 15 is 0 Å². The van der Waals surface area contributed by atoms with Gasteiger partial charge in [0, 0.05) is 7.05 Å². The predicted octanol–water partition coefficient (Wildman–Crippen LogP) is 2.92. The number of aromatic nitrogens is 1. The number of phenolic OH excluding ortho intramolecular Hbond substituents is 1. The van der Waals surface area contributed by atoms with Gasteiger partial charge in [0.2, 0.25) is 0 Å². The van der Waals surface area contributed by atoms with Gasteiger partial charge in [-0.05, 0) is 53.4 Å². The Balaban J connectivity index is 2.28. The number of aromatic hydroxyl groups is 1. The normalized spacial score (nSPS) is 10.8. The van der Waals surface area contributed by atoms with Gasteiger partial charge in [-0.3, -0.25) is 4.79 Å². The standard InChI is InChI=1S/C17H15NO3/c1-18-16(11-3-6-13(19)7-4-11)9-12-5-8-14(21-2)10-15(12)17(18)20/h3-10,19H,1-2H3. The molecule has 4 heteroatoms. The van der Waals surface area contributed by atoms with Gasteiger partial charge >= 0.3 is 0 Å². The number of hydrogen-bond acceptors (Lipinski definition) is 3. The van der Waals surface area contributed by atoms with Gasteiger partial charge in [0.15, 0.2) is 0 Å². The lowest BCUT2D eigenvalue weighted by Crippen LogP contribution is -2.18. The fourth-order valence-electron chi connectivity index (χ4n) is 2.42. The van der Waals surface area contributed by atoms with Gasteiger partial charge < -0.3 is 14.4 Å². The zero-order valence-electron chi connectivity index (χ0n) is 11.8. The lowest BCUT2D eigenvalue weighted by Gasteiger charge is -2.11. The van der Waals surface area contributed by atoms with E-state index in [2.05, 4.69) is 0 Å². The summed E-state index contributed by atoms with van der Waals surface area (Å²) in [6.45, 7) is 0. The summed E-state index contributed by atoms with van der Waals surface area (Å²) < 4.78 is 6.77. The molecule has 0 amide bonds. The van der Waals surface area contributed by atoms with Crippen molar-refractivity contribution in [3.63, 3.8) is 0 Å². The molecule has 4 nitrogen and oxygen atoms in total. The Bertz CT molecular complexity index is 864. The summed E-state index contributed by atoms with van der Waals surface area (Å²) in [6, 6.07) is 14.2. The molecule has 1 heterocycles. The Kier molecular flexibility index (Phi) is 3.14. The molecule has 0 fully saturated rings. The maximum absolute atomic E-state index is 12.5. The van der Waals surface area contributed by atoms with E-state index in [9.17, 15) is 9.90 Å². The molecule has 0 atom stereocenters. The number of phenols is 1. The van der Waals surface area contributed by atoms with E-state index in [0.717, 1.165) is 16.6 Å². The minimum Gasteiger partial charge on any atom is -0.508 e.